The Morgan fingerprint density at radius 2 is 1.88 bits per heavy atom. The predicted octanol–water partition coefficient (Wildman–Crippen LogP) is 0.431. The van der Waals surface area contributed by atoms with Crippen molar-refractivity contribution in [1.82, 2.24) is 9.03 Å². The zero-order chi connectivity index (χ0) is 12.3. The molecule has 0 heterocycles. The van der Waals surface area contributed by atoms with Gasteiger partial charge in [0.25, 0.3) is 10.2 Å². The number of hydrogen-bond donors (Lipinski definition) is 2. The molecule has 0 amide bonds. The quantitative estimate of drug-likeness (QED) is 0.758. The normalized spacial score (nSPS) is 27.6. The van der Waals surface area contributed by atoms with Gasteiger partial charge in [0.15, 0.2) is 0 Å². The molecule has 1 rings (SSSR count). The zero-order valence-corrected chi connectivity index (χ0v) is 11.1. The zero-order valence-electron chi connectivity index (χ0n) is 10.3. The molecule has 0 aromatic carbocycles. The molecule has 0 bridgehead atoms. The Labute approximate surface area is 98.6 Å². The van der Waals surface area contributed by atoms with E-state index in [1.807, 2.05) is 13.8 Å². The van der Waals surface area contributed by atoms with Crippen molar-refractivity contribution in [2.24, 2.45) is 5.73 Å². The average Bonchev–Trinajstić information content (AvgIpc) is 2.20. The van der Waals surface area contributed by atoms with Crippen molar-refractivity contribution >= 4 is 10.2 Å². The number of nitrogens with zero attached hydrogens (tertiary/aromatic N) is 1. The van der Waals surface area contributed by atoms with E-state index in [0.29, 0.717) is 0 Å². The van der Waals surface area contributed by atoms with Crippen LogP contribution >= 0.6 is 0 Å². The highest BCUT2D eigenvalue weighted by Crippen LogP contribution is 2.18. The van der Waals surface area contributed by atoms with Gasteiger partial charge in [-0.15, -0.1) is 0 Å². The lowest BCUT2D eigenvalue weighted by molar-refractivity contribution is 0.341. The fourth-order valence-electron chi connectivity index (χ4n) is 1.86. The van der Waals surface area contributed by atoms with Crippen molar-refractivity contribution in [2.45, 2.75) is 57.7 Å². The molecule has 2 atom stereocenters. The maximum atomic E-state index is 11.9. The molecule has 0 aromatic rings. The van der Waals surface area contributed by atoms with Crippen LogP contribution in [0.5, 0.6) is 0 Å². The second kappa shape index (κ2) is 5.44. The van der Waals surface area contributed by atoms with E-state index >= 15 is 0 Å². The topological polar surface area (TPSA) is 75.4 Å². The molecule has 1 aliphatic carbocycles. The molecule has 2 unspecified atom stereocenters. The van der Waals surface area contributed by atoms with Gasteiger partial charge in [0.1, 0.15) is 0 Å². The average molecular weight is 249 g/mol. The number of rotatable bonds is 4. The van der Waals surface area contributed by atoms with Crippen LogP contribution in [-0.2, 0) is 10.2 Å². The Bertz CT molecular complexity index is 316. The number of hydrogen-bond acceptors (Lipinski definition) is 3. The highest BCUT2D eigenvalue weighted by Gasteiger charge is 2.29. The first-order chi connectivity index (χ1) is 7.34. The third kappa shape index (κ3) is 3.41. The van der Waals surface area contributed by atoms with Crippen LogP contribution in [0.4, 0.5) is 0 Å². The molecular formula is C10H23N3O2S. The van der Waals surface area contributed by atoms with Gasteiger partial charge in [-0.05, 0) is 26.7 Å². The van der Waals surface area contributed by atoms with Crippen LogP contribution in [0, 0.1) is 0 Å². The molecule has 0 aliphatic heterocycles. The van der Waals surface area contributed by atoms with Gasteiger partial charge >= 0.3 is 0 Å². The van der Waals surface area contributed by atoms with Crippen molar-refractivity contribution < 1.29 is 8.42 Å². The highest BCUT2D eigenvalue weighted by molar-refractivity contribution is 7.87. The van der Waals surface area contributed by atoms with E-state index in [-0.39, 0.29) is 18.1 Å². The Morgan fingerprint density at radius 1 is 1.31 bits per heavy atom. The van der Waals surface area contributed by atoms with Gasteiger partial charge < -0.3 is 5.73 Å². The van der Waals surface area contributed by atoms with E-state index in [9.17, 15) is 8.42 Å². The van der Waals surface area contributed by atoms with Gasteiger partial charge in [-0.3, -0.25) is 0 Å². The minimum Gasteiger partial charge on any atom is -0.326 e. The van der Waals surface area contributed by atoms with Crippen LogP contribution in [0.3, 0.4) is 0 Å². The lowest BCUT2D eigenvalue weighted by atomic mass is 9.92. The molecule has 5 nitrogen and oxygen atoms in total. The van der Waals surface area contributed by atoms with Crippen molar-refractivity contribution in [2.75, 3.05) is 7.05 Å². The SMILES string of the molecule is CC(C)N(C)S(=O)(=O)NC1CCCCC1N. The van der Waals surface area contributed by atoms with Gasteiger partial charge in [-0.2, -0.15) is 17.4 Å². The summed E-state index contributed by atoms with van der Waals surface area (Å²) < 4.78 is 27.9. The van der Waals surface area contributed by atoms with Crippen molar-refractivity contribution in [3.8, 4) is 0 Å². The van der Waals surface area contributed by atoms with E-state index in [2.05, 4.69) is 4.72 Å². The van der Waals surface area contributed by atoms with E-state index in [0.717, 1.165) is 25.7 Å². The van der Waals surface area contributed by atoms with Crippen LogP contribution in [0.15, 0.2) is 0 Å². The van der Waals surface area contributed by atoms with Crippen LogP contribution in [-0.4, -0.2) is 37.9 Å². The molecule has 96 valence electrons. The molecule has 0 spiro atoms. The molecule has 1 saturated carbocycles. The number of nitrogens with one attached hydrogen (secondary N) is 1. The monoisotopic (exact) mass is 249 g/mol. The standard InChI is InChI=1S/C10H23N3O2S/c1-8(2)13(3)16(14,15)12-10-7-5-4-6-9(10)11/h8-10,12H,4-7,11H2,1-3H3. The summed E-state index contributed by atoms with van der Waals surface area (Å²) in [5.41, 5.74) is 5.92. The molecule has 1 aliphatic rings. The van der Waals surface area contributed by atoms with Crippen molar-refractivity contribution in [1.29, 1.82) is 0 Å². The minimum absolute atomic E-state index is 0.0442. The first-order valence-electron chi connectivity index (χ1n) is 5.85. The molecule has 1 fully saturated rings. The number of nitrogens with two attached hydrogens (primary N) is 1. The summed E-state index contributed by atoms with van der Waals surface area (Å²) in [6.07, 6.45) is 3.89. The second-order valence-corrected chi connectivity index (χ2v) is 6.55. The maximum absolute atomic E-state index is 11.9. The summed E-state index contributed by atoms with van der Waals surface area (Å²) in [6, 6.07) is -0.207. The second-order valence-electron chi connectivity index (χ2n) is 4.79. The van der Waals surface area contributed by atoms with E-state index in [1.165, 1.54) is 4.31 Å². The molecule has 0 aromatic heterocycles. The van der Waals surface area contributed by atoms with Crippen LogP contribution in [0.1, 0.15) is 39.5 Å². The molecule has 3 N–H and O–H groups in total. The Hall–Kier alpha value is -0.170. The fourth-order valence-corrected chi connectivity index (χ4v) is 3.25. The Balaban J connectivity index is 2.64. The first kappa shape index (κ1) is 13.9. The Kier molecular flexibility index (Phi) is 4.73. The van der Waals surface area contributed by atoms with Gasteiger partial charge in [0.05, 0.1) is 0 Å². The maximum Gasteiger partial charge on any atom is 0.279 e. The van der Waals surface area contributed by atoms with E-state index < -0.39 is 10.2 Å². The largest absolute Gasteiger partial charge is 0.326 e. The van der Waals surface area contributed by atoms with Crippen molar-refractivity contribution in [3.05, 3.63) is 0 Å². The van der Waals surface area contributed by atoms with Gasteiger partial charge in [0.2, 0.25) is 0 Å². The third-order valence-corrected chi connectivity index (χ3v) is 5.01. The van der Waals surface area contributed by atoms with Gasteiger partial charge in [-0.25, -0.2) is 0 Å². The molecule has 0 radical (unpaired) electrons. The van der Waals surface area contributed by atoms with Crippen LogP contribution < -0.4 is 10.5 Å². The summed E-state index contributed by atoms with van der Waals surface area (Å²) in [6.45, 7) is 3.69. The minimum atomic E-state index is -3.39. The molecule has 6 heteroatoms. The third-order valence-electron chi connectivity index (χ3n) is 3.23. The molecular weight excluding hydrogens is 226 g/mol. The Morgan fingerprint density at radius 3 is 2.38 bits per heavy atom. The lowest BCUT2D eigenvalue weighted by Gasteiger charge is -2.31. The van der Waals surface area contributed by atoms with Crippen molar-refractivity contribution in [3.63, 3.8) is 0 Å². The predicted molar refractivity (Wildman–Crippen MR) is 65.2 cm³/mol. The fraction of sp³-hybridized carbons (Fsp3) is 1.00. The first-order valence-corrected chi connectivity index (χ1v) is 7.29. The summed E-state index contributed by atoms with van der Waals surface area (Å²) in [4.78, 5) is 0. The summed E-state index contributed by atoms with van der Waals surface area (Å²) in [5.74, 6) is 0. The summed E-state index contributed by atoms with van der Waals surface area (Å²) >= 11 is 0. The lowest BCUT2D eigenvalue weighted by Crippen LogP contribution is -2.53. The smallest absolute Gasteiger partial charge is 0.279 e. The summed E-state index contributed by atoms with van der Waals surface area (Å²) in [7, 11) is -1.80. The summed E-state index contributed by atoms with van der Waals surface area (Å²) in [5, 5.41) is 0. The molecule has 16 heavy (non-hydrogen) atoms. The van der Waals surface area contributed by atoms with E-state index in [1.54, 1.807) is 7.05 Å². The highest BCUT2D eigenvalue weighted by atomic mass is 32.2. The van der Waals surface area contributed by atoms with Crippen LogP contribution in [0.25, 0.3) is 0 Å². The van der Waals surface area contributed by atoms with Gasteiger partial charge in [0, 0.05) is 25.2 Å². The van der Waals surface area contributed by atoms with Crippen LogP contribution in [0.2, 0.25) is 0 Å². The van der Waals surface area contributed by atoms with E-state index in [4.69, 9.17) is 5.73 Å². The van der Waals surface area contributed by atoms with Gasteiger partial charge in [-0.1, -0.05) is 12.8 Å². The molecule has 0 saturated heterocycles.